The molecule has 0 spiro atoms. The molecular formula is C25H31N8O3S+. The van der Waals surface area contributed by atoms with E-state index in [0.717, 1.165) is 49.3 Å². The number of urea groups is 1. The van der Waals surface area contributed by atoms with Gasteiger partial charge in [-0.05, 0) is 37.3 Å². The molecule has 0 aliphatic carbocycles. The van der Waals surface area contributed by atoms with Gasteiger partial charge in [0.2, 0.25) is 11.9 Å². The van der Waals surface area contributed by atoms with E-state index in [1.165, 1.54) is 16.8 Å². The summed E-state index contributed by atoms with van der Waals surface area (Å²) in [5.41, 5.74) is 2.06. The molecule has 2 fully saturated rings. The van der Waals surface area contributed by atoms with Crippen LogP contribution in [0.4, 0.5) is 10.5 Å². The molecule has 11 nitrogen and oxygen atoms in total. The van der Waals surface area contributed by atoms with Crippen molar-refractivity contribution in [1.29, 1.82) is 0 Å². The molecule has 3 aliphatic heterocycles. The summed E-state index contributed by atoms with van der Waals surface area (Å²) >= 11 is 1.54. The molecule has 5 rings (SSSR count). The normalized spacial score (nSPS) is 20.0. The number of thioether (sulfide) groups is 1. The number of piperazine rings is 1. The van der Waals surface area contributed by atoms with Crippen molar-refractivity contribution in [2.24, 2.45) is 4.99 Å². The van der Waals surface area contributed by atoms with Crippen LogP contribution in [-0.2, 0) is 4.79 Å². The summed E-state index contributed by atoms with van der Waals surface area (Å²) in [5, 5.41) is 0.703. The zero-order chi connectivity index (χ0) is 26.1. The molecule has 0 N–H and O–H groups in total. The summed E-state index contributed by atoms with van der Waals surface area (Å²) in [5.74, 6) is 2.47. The van der Waals surface area contributed by atoms with Crippen LogP contribution in [0.2, 0.25) is 0 Å². The molecule has 0 radical (unpaired) electrons. The molecule has 194 valence electrons. The van der Waals surface area contributed by atoms with Gasteiger partial charge in [-0.25, -0.2) is 19.7 Å². The Morgan fingerprint density at radius 2 is 1.81 bits per heavy atom. The number of aryl methyl sites for hydroxylation is 1. The topological polar surface area (TPSA) is 97.5 Å². The van der Waals surface area contributed by atoms with Gasteiger partial charge in [0.25, 0.3) is 5.91 Å². The van der Waals surface area contributed by atoms with Gasteiger partial charge in [-0.1, -0.05) is 16.8 Å². The van der Waals surface area contributed by atoms with Crippen LogP contribution in [0, 0.1) is 6.92 Å². The van der Waals surface area contributed by atoms with Crippen molar-refractivity contribution in [3.05, 3.63) is 42.2 Å². The Labute approximate surface area is 220 Å². The lowest BCUT2D eigenvalue weighted by molar-refractivity contribution is -0.534. The van der Waals surface area contributed by atoms with E-state index in [-0.39, 0.29) is 11.9 Å². The van der Waals surface area contributed by atoms with Crippen molar-refractivity contribution in [3.63, 3.8) is 0 Å². The van der Waals surface area contributed by atoms with Crippen LogP contribution >= 0.6 is 11.8 Å². The number of aromatic nitrogens is 2. The number of hydrogen-bond acceptors (Lipinski definition) is 7. The van der Waals surface area contributed by atoms with Crippen molar-refractivity contribution in [2.75, 3.05) is 64.6 Å². The van der Waals surface area contributed by atoms with Gasteiger partial charge >= 0.3 is 12.0 Å². The average molecular weight is 524 g/mol. The van der Waals surface area contributed by atoms with E-state index < -0.39 is 6.04 Å². The fourth-order valence-electron chi connectivity index (χ4n) is 4.76. The van der Waals surface area contributed by atoms with Gasteiger partial charge in [0.05, 0.1) is 26.7 Å². The van der Waals surface area contributed by atoms with E-state index in [2.05, 4.69) is 31.6 Å². The summed E-state index contributed by atoms with van der Waals surface area (Å²) < 4.78 is 7.49. The largest absolute Gasteiger partial charge is 0.497 e. The molecule has 3 aliphatic rings. The van der Waals surface area contributed by atoms with E-state index in [4.69, 9.17) is 9.73 Å². The fourth-order valence-corrected chi connectivity index (χ4v) is 5.57. The van der Waals surface area contributed by atoms with Gasteiger partial charge in [0.15, 0.2) is 5.16 Å². The minimum absolute atomic E-state index is 0.259. The number of imide groups is 1. The second kappa shape index (κ2) is 10.4. The minimum Gasteiger partial charge on any atom is -0.497 e. The predicted molar refractivity (Wildman–Crippen MR) is 142 cm³/mol. The highest BCUT2D eigenvalue weighted by Crippen LogP contribution is 2.25. The van der Waals surface area contributed by atoms with Crippen LogP contribution in [0.5, 0.6) is 5.75 Å². The molecule has 1 aromatic heterocycles. The molecule has 37 heavy (non-hydrogen) atoms. The molecule has 0 bridgehead atoms. The van der Waals surface area contributed by atoms with Crippen molar-refractivity contribution in [2.45, 2.75) is 18.1 Å². The van der Waals surface area contributed by atoms with Gasteiger partial charge in [0.1, 0.15) is 5.75 Å². The monoisotopic (exact) mass is 523 g/mol. The lowest BCUT2D eigenvalue weighted by Crippen LogP contribution is -2.63. The molecule has 3 amide bonds. The van der Waals surface area contributed by atoms with Gasteiger partial charge in [0, 0.05) is 50.5 Å². The first kappa shape index (κ1) is 25.0. The Kier molecular flexibility index (Phi) is 7.00. The number of nitrogens with zero attached hydrogens (tertiary/aromatic N) is 8. The number of aliphatic imine (C=N–C) groups is 1. The summed E-state index contributed by atoms with van der Waals surface area (Å²) in [6.07, 6.45) is 1.75. The third-order valence-corrected chi connectivity index (χ3v) is 7.69. The van der Waals surface area contributed by atoms with E-state index in [1.54, 1.807) is 32.1 Å². The van der Waals surface area contributed by atoms with E-state index in [0.29, 0.717) is 23.3 Å². The van der Waals surface area contributed by atoms with E-state index >= 15 is 0 Å². The number of guanidine groups is 1. The molecule has 2 saturated heterocycles. The summed E-state index contributed by atoms with van der Waals surface area (Å²) in [6.45, 7) is 5.62. The Balaban J connectivity index is 1.37. The average Bonchev–Trinajstić information content (AvgIpc) is 3.30. The number of anilines is 1. The number of hydrogen-bond donors (Lipinski definition) is 0. The number of ether oxygens (including phenoxy) is 1. The Hall–Kier alpha value is -3.67. The SMILES string of the molecule is COc1ccc(N2CC[N+](=C3N=C4C(C(=O)N(C)C(=O)N4C)N3CCSc3nccc(C)n3)CC2)cc1. The third-order valence-electron chi connectivity index (χ3n) is 6.85. The maximum atomic E-state index is 13.2. The van der Waals surface area contributed by atoms with Gasteiger partial charge in [-0.2, -0.15) is 0 Å². The van der Waals surface area contributed by atoms with Gasteiger partial charge in [-0.3, -0.25) is 19.2 Å². The predicted octanol–water partition coefficient (Wildman–Crippen LogP) is 1.38. The summed E-state index contributed by atoms with van der Waals surface area (Å²) in [6, 6.07) is 8.95. The zero-order valence-corrected chi connectivity index (χ0v) is 22.3. The zero-order valence-electron chi connectivity index (χ0n) is 21.5. The molecule has 1 atom stereocenters. The Morgan fingerprint density at radius 1 is 1.08 bits per heavy atom. The Bertz CT molecular complexity index is 1250. The maximum Gasteiger partial charge on any atom is 0.392 e. The van der Waals surface area contributed by atoms with E-state index in [9.17, 15) is 9.59 Å². The molecular weight excluding hydrogens is 492 g/mol. The fraction of sp³-hybridized carbons (Fsp3) is 0.440. The lowest BCUT2D eigenvalue weighted by Gasteiger charge is -2.34. The number of carbonyl (C=O) groups is 2. The summed E-state index contributed by atoms with van der Waals surface area (Å²) in [4.78, 5) is 46.5. The quantitative estimate of drug-likeness (QED) is 0.318. The summed E-state index contributed by atoms with van der Waals surface area (Å²) in [7, 11) is 4.86. The highest BCUT2D eigenvalue weighted by molar-refractivity contribution is 7.99. The van der Waals surface area contributed by atoms with E-state index in [1.807, 2.05) is 30.0 Å². The smallest absolute Gasteiger partial charge is 0.392 e. The molecule has 2 aromatic rings. The van der Waals surface area contributed by atoms with Crippen LogP contribution in [0.3, 0.4) is 0 Å². The third kappa shape index (κ3) is 4.85. The van der Waals surface area contributed by atoms with Crippen molar-refractivity contribution in [1.82, 2.24) is 24.7 Å². The molecule has 1 aromatic carbocycles. The number of methoxy groups -OCH3 is 1. The highest BCUT2D eigenvalue weighted by atomic mass is 32.2. The highest BCUT2D eigenvalue weighted by Gasteiger charge is 2.55. The molecule has 12 heteroatoms. The lowest BCUT2D eigenvalue weighted by atomic mass is 10.1. The first-order valence-electron chi connectivity index (χ1n) is 12.2. The number of likely N-dealkylation sites (N-methyl/N-ethyl adjacent to an activating group) is 2. The second-order valence-electron chi connectivity index (χ2n) is 9.11. The number of fused-ring (bicyclic) bond motifs is 1. The van der Waals surface area contributed by atoms with Crippen LogP contribution in [0.25, 0.3) is 0 Å². The standard InChI is InChI=1S/C25H31N8O3S/c1-17-9-10-26-23(27-17)37-16-15-33-20-21(29(2)25(35)30(3)22(20)34)28-24(33)32-13-11-31(12-14-32)18-5-7-19(36-4)8-6-18/h5-10,20H,11-16H2,1-4H3/q+1. The number of amides is 3. The van der Waals surface area contributed by atoms with Crippen LogP contribution in [0.15, 0.2) is 46.7 Å². The maximum absolute atomic E-state index is 13.2. The van der Waals surface area contributed by atoms with Gasteiger partial charge in [-0.15, -0.1) is 0 Å². The Morgan fingerprint density at radius 3 is 2.49 bits per heavy atom. The van der Waals surface area contributed by atoms with Gasteiger partial charge < -0.3 is 9.64 Å². The van der Waals surface area contributed by atoms with Crippen LogP contribution in [0.1, 0.15) is 5.69 Å². The van der Waals surface area contributed by atoms with Crippen LogP contribution in [-0.4, -0.2) is 119 Å². The number of benzene rings is 1. The first-order valence-corrected chi connectivity index (χ1v) is 13.2. The number of carbonyl (C=O) groups excluding carboxylic acids is 2. The molecule has 0 saturated carbocycles. The molecule has 4 heterocycles. The van der Waals surface area contributed by atoms with Crippen molar-refractivity contribution >= 4 is 41.2 Å². The first-order chi connectivity index (χ1) is 17.9. The van der Waals surface area contributed by atoms with Crippen molar-refractivity contribution in [3.8, 4) is 5.75 Å². The number of rotatable bonds is 6. The van der Waals surface area contributed by atoms with Crippen molar-refractivity contribution < 1.29 is 18.9 Å². The number of amidine groups is 1. The second-order valence-corrected chi connectivity index (χ2v) is 10.2. The molecule has 1 unspecified atom stereocenters. The van der Waals surface area contributed by atoms with Crippen LogP contribution < -0.4 is 9.64 Å². The minimum atomic E-state index is -0.624.